The molecule has 9 heteroatoms. The van der Waals surface area contributed by atoms with E-state index in [1.54, 1.807) is 36.1 Å². The van der Waals surface area contributed by atoms with Gasteiger partial charge < -0.3 is 9.64 Å². The van der Waals surface area contributed by atoms with Crippen molar-refractivity contribution in [1.82, 2.24) is 4.57 Å². The van der Waals surface area contributed by atoms with Gasteiger partial charge in [0.2, 0.25) is 0 Å². The molecule has 0 aliphatic carbocycles. The summed E-state index contributed by atoms with van der Waals surface area (Å²) in [5, 5.41) is 0.527. The van der Waals surface area contributed by atoms with Crippen LogP contribution < -0.4 is 19.8 Å². The highest BCUT2D eigenvalue weighted by molar-refractivity contribution is 7.07. The first kappa shape index (κ1) is 27.9. The zero-order valence-electron chi connectivity index (χ0n) is 23.2. The van der Waals surface area contributed by atoms with E-state index in [1.807, 2.05) is 54.6 Å². The Hall–Kier alpha value is -4.27. The van der Waals surface area contributed by atoms with Crippen LogP contribution in [-0.4, -0.2) is 29.6 Å². The quantitative estimate of drug-likeness (QED) is 0.278. The lowest BCUT2D eigenvalue weighted by Crippen LogP contribution is -2.41. The SMILES string of the molecule is CCCCN1C(=O)/C(=c2/sc3n(c2=O)[C@H](c2ccc(Cl)cc2)C(C(=O)OCC)=C(c2ccccc2)N=3)c2ccccc21. The number of unbranched alkanes of at least 4 members (excludes halogenated alkanes) is 1. The van der Waals surface area contributed by atoms with Crippen LogP contribution in [0.5, 0.6) is 0 Å². The first-order valence-corrected chi connectivity index (χ1v) is 15.1. The summed E-state index contributed by atoms with van der Waals surface area (Å²) in [7, 11) is 0. The lowest BCUT2D eigenvalue weighted by atomic mass is 9.93. The molecule has 0 radical (unpaired) electrons. The van der Waals surface area contributed by atoms with E-state index >= 15 is 0 Å². The largest absolute Gasteiger partial charge is 0.463 e. The smallest absolute Gasteiger partial charge is 0.338 e. The van der Waals surface area contributed by atoms with Crippen molar-refractivity contribution in [2.24, 2.45) is 4.99 Å². The van der Waals surface area contributed by atoms with Gasteiger partial charge in [0.15, 0.2) is 4.80 Å². The van der Waals surface area contributed by atoms with E-state index in [9.17, 15) is 14.4 Å². The highest BCUT2D eigenvalue weighted by Crippen LogP contribution is 2.37. The van der Waals surface area contributed by atoms with E-state index in [2.05, 4.69) is 6.92 Å². The fourth-order valence-electron chi connectivity index (χ4n) is 5.49. The lowest BCUT2D eigenvalue weighted by molar-refractivity contribution is -0.138. The third kappa shape index (κ3) is 4.70. The molecule has 0 fully saturated rings. The van der Waals surface area contributed by atoms with Gasteiger partial charge in [-0.2, -0.15) is 0 Å². The summed E-state index contributed by atoms with van der Waals surface area (Å²) in [6, 6.07) is 23.1. The van der Waals surface area contributed by atoms with Crippen molar-refractivity contribution in [2.45, 2.75) is 32.7 Å². The Labute approximate surface area is 251 Å². The molecule has 6 rings (SSSR count). The second-order valence-electron chi connectivity index (χ2n) is 10.0. The minimum atomic E-state index is -0.843. The number of anilines is 1. The van der Waals surface area contributed by atoms with E-state index in [0.29, 0.717) is 43.3 Å². The minimum absolute atomic E-state index is 0.158. The van der Waals surface area contributed by atoms with Crippen molar-refractivity contribution in [3.8, 4) is 0 Å². The Morgan fingerprint density at radius 2 is 1.69 bits per heavy atom. The number of ether oxygens (including phenoxy) is 1. The molecular formula is C33H28ClN3O4S. The molecular weight excluding hydrogens is 570 g/mol. The van der Waals surface area contributed by atoms with E-state index in [1.165, 1.54) is 15.9 Å². The molecule has 3 heterocycles. The number of thiazole rings is 1. The number of rotatable bonds is 7. The van der Waals surface area contributed by atoms with Crippen LogP contribution in [0.2, 0.25) is 5.02 Å². The predicted octanol–water partition coefficient (Wildman–Crippen LogP) is 5.11. The van der Waals surface area contributed by atoms with Gasteiger partial charge in [0.05, 0.1) is 35.2 Å². The van der Waals surface area contributed by atoms with Crippen LogP contribution in [-0.2, 0) is 14.3 Å². The van der Waals surface area contributed by atoms with Gasteiger partial charge in [0, 0.05) is 22.7 Å². The average Bonchev–Trinajstić information content (AvgIpc) is 3.48. The number of fused-ring (bicyclic) bond motifs is 2. The van der Waals surface area contributed by atoms with Gasteiger partial charge >= 0.3 is 5.97 Å². The van der Waals surface area contributed by atoms with E-state index in [0.717, 1.165) is 24.1 Å². The maximum absolute atomic E-state index is 14.4. The number of esters is 1. The number of carbonyl (C=O) groups excluding carboxylic acids is 2. The Balaban J connectivity index is 1.68. The normalized spacial score (nSPS) is 17.2. The molecule has 1 amide bonds. The van der Waals surface area contributed by atoms with Crippen LogP contribution in [0, 0.1) is 0 Å². The molecule has 0 unspecified atom stereocenters. The summed E-state index contributed by atoms with van der Waals surface area (Å²) >= 11 is 7.39. The summed E-state index contributed by atoms with van der Waals surface area (Å²) in [5.41, 5.74) is 3.56. The number of carbonyl (C=O) groups is 2. The Morgan fingerprint density at radius 3 is 2.40 bits per heavy atom. The molecule has 0 bridgehead atoms. The molecule has 0 spiro atoms. The van der Waals surface area contributed by atoms with Gasteiger partial charge in [-0.05, 0) is 37.1 Å². The molecule has 3 aromatic carbocycles. The molecule has 2 aliphatic heterocycles. The number of para-hydroxylation sites is 1. The van der Waals surface area contributed by atoms with Crippen molar-refractivity contribution >= 4 is 51.8 Å². The molecule has 0 saturated heterocycles. The first-order valence-electron chi connectivity index (χ1n) is 13.9. The highest BCUT2D eigenvalue weighted by Gasteiger charge is 2.38. The van der Waals surface area contributed by atoms with Gasteiger partial charge in [-0.3, -0.25) is 14.2 Å². The first-order chi connectivity index (χ1) is 20.4. The van der Waals surface area contributed by atoms with Crippen molar-refractivity contribution in [3.05, 3.63) is 126 Å². The number of hydrogen-bond acceptors (Lipinski definition) is 6. The summed E-state index contributed by atoms with van der Waals surface area (Å²) in [5.74, 6) is -0.767. The van der Waals surface area contributed by atoms with Crippen LogP contribution in [0.1, 0.15) is 49.4 Å². The topological polar surface area (TPSA) is 81.0 Å². The molecule has 0 N–H and O–H groups in total. The Kier molecular flexibility index (Phi) is 7.66. The second kappa shape index (κ2) is 11.5. The maximum Gasteiger partial charge on any atom is 0.338 e. The van der Waals surface area contributed by atoms with Crippen LogP contribution in [0.3, 0.4) is 0 Å². The van der Waals surface area contributed by atoms with Crippen LogP contribution >= 0.6 is 22.9 Å². The molecule has 4 aromatic rings. The van der Waals surface area contributed by atoms with Gasteiger partial charge in [0.1, 0.15) is 4.53 Å². The van der Waals surface area contributed by atoms with Crippen LogP contribution in [0.25, 0.3) is 11.3 Å². The van der Waals surface area contributed by atoms with E-state index in [-0.39, 0.29) is 23.6 Å². The standard InChI is InChI=1S/C33H28ClN3O4S/c1-3-5-19-36-24-14-10-9-13-23(24)25(30(36)38)29-31(39)37-28(21-15-17-22(34)18-16-21)26(32(40)41-4-2)27(35-33(37)42-29)20-11-7-6-8-12-20/h6-18,28H,3-5,19H2,1-2H3/b29-25+/t28-/m1/s1. The number of aromatic nitrogens is 1. The van der Waals surface area contributed by atoms with Gasteiger partial charge in [-0.15, -0.1) is 0 Å². The fraction of sp³-hybridized carbons (Fsp3) is 0.212. The van der Waals surface area contributed by atoms with Gasteiger partial charge in [-0.1, -0.05) is 96.9 Å². The second-order valence-corrected chi connectivity index (χ2v) is 11.4. The van der Waals surface area contributed by atoms with Crippen molar-refractivity contribution in [2.75, 3.05) is 18.1 Å². The molecule has 212 valence electrons. The maximum atomic E-state index is 14.4. The average molecular weight is 598 g/mol. The summed E-state index contributed by atoms with van der Waals surface area (Å²) < 4.78 is 7.33. The number of amides is 1. The zero-order valence-corrected chi connectivity index (χ0v) is 24.7. The molecule has 42 heavy (non-hydrogen) atoms. The van der Waals surface area contributed by atoms with Gasteiger partial charge in [0.25, 0.3) is 11.5 Å². The number of halogens is 1. The van der Waals surface area contributed by atoms with Crippen molar-refractivity contribution < 1.29 is 14.3 Å². The number of hydrogen-bond donors (Lipinski definition) is 0. The van der Waals surface area contributed by atoms with Crippen LogP contribution in [0.4, 0.5) is 5.69 Å². The Bertz CT molecular complexity index is 1910. The molecule has 0 saturated carbocycles. The summed E-state index contributed by atoms with van der Waals surface area (Å²) in [6.07, 6.45) is 1.78. The van der Waals surface area contributed by atoms with Gasteiger partial charge in [-0.25, -0.2) is 9.79 Å². The molecule has 1 aromatic heterocycles. The Morgan fingerprint density at radius 1 is 0.976 bits per heavy atom. The monoisotopic (exact) mass is 597 g/mol. The zero-order chi connectivity index (χ0) is 29.4. The predicted molar refractivity (Wildman–Crippen MR) is 165 cm³/mol. The third-order valence-electron chi connectivity index (χ3n) is 7.42. The molecule has 1 atom stereocenters. The van der Waals surface area contributed by atoms with E-state index in [4.69, 9.17) is 21.3 Å². The summed E-state index contributed by atoms with van der Waals surface area (Å²) in [4.78, 5) is 49.0. The highest BCUT2D eigenvalue weighted by atomic mass is 35.5. The third-order valence-corrected chi connectivity index (χ3v) is 8.73. The number of benzene rings is 3. The number of nitrogens with zero attached hydrogens (tertiary/aromatic N) is 3. The molecule has 7 nitrogen and oxygen atoms in total. The van der Waals surface area contributed by atoms with Crippen LogP contribution in [0.15, 0.2) is 94.2 Å². The van der Waals surface area contributed by atoms with Crippen molar-refractivity contribution in [3.63, 3.8) is 0 Å². The molecule has 2 aliphatic rings. The fourth-order valence-corrected chi connectivity index (χ4v) is 6.71. The van der Waals surface area contributed by atoms with Crippen molar-refractivity contribution in [1.29, 1.82) is 0 Å². The minimum Gasteiger partial charge on any atom is -0.463 e. The van der Waals surface area contributed by atoms with E-state index < -0.39 is 12.0 Å². The summed E-state index contributed by atoms with van der Waals surface area (Å²) in [6.45, 7) is 4.54. The lowest BCUT2D eigenvalue weighted by Gasteiger charge is -2.26.